The van der Waals surface area contributed by atoms with Crippen molar-refractivity contribution in [3.05, 3.63) is 91.7 Å². The molecular weight excluding hydrogens is 503 g/mol. The molecule has 0 radical (unpaired) electrons. The number of halogens is 3. The molecule has 0 saturated carbocycles. The standard InChI is InChI=1S/C23H17BrClFN2O4/c1-32-13-5-2-11(3-6-13)10-28-21(14-8-12(26)4-7-17(14)25)18-16(24)9-15(23(30)31)20(27)19(18)22(28)29/h2-9,21H,10,27H2,1H3,(H,30,31). The van der Waals surface area contributed by atoms with E-state index in [1.165, 1.54) is 29.2 Å². The highest BCUT2D eigenvalue weighted by Crippen LogP contribution is 2.48. The van der Waals surface area contributed by atoms with Gasteiger partial charge in [-0.2, -0.15) is 0 Å². The molecule has 1 atom stereocenters. The number of rotatable bonds is 5. The number of nitrogens with two attached hydrogens (primary N) is 1. The molecule has 1 heterocycles. The SMILES string of the molecule is COc1ccc(CN2C(=O)c3c(N)c(C(=O)O)cc(Br)c3C2c2cc(F)ccc2Cl)cc1. The monoisotopic (exact) mass is 518 g/mol. The summed E-state index contributed by atoms with van der Waals surface area (Å²) in [5.41, 5.74) is 7.45. The van der Waals surface area contributed by atoms with Crippen molar-refractivity contribution in [3.8, 4) is 5.75 Å². The largest absolute Gasteiger partial charge is 0.497 e. The van der Waals surface area contributed by atoms with Gasteiger partial charge in [-0.3, -0.25) is 4.79 Å². The molecule has 0 spiro atoms. The average molecular weight is 520 g/mol. The number of nitrogens with zero attached hydrogens (tertiary/aromatic N) is 1. The molecule has 9 heteroatoms. The molecule has 0 aromatic heterocycles. The molecule has 3 N–H and O–H groups in total. The van der Waals surface area contributed by atoms with Crippen molar-refractivity contribution in [2.75, 3.05) is 12.8 Å². The summed E-state index contributed by atoms with van der Waals surface area (Å²) in [6, 6.07) is 11.6. The molecule has 6 nitrogen and oxygen atoms in total. The van der Waals surface area contributed by atoms with E-state index in [9.17, 15) is 19.1 Å². The number of ether oxygens (including phenoxy) is 1. The summed E-state index contributed by atoms with van der Waals surface area (Å²) < 4.78 is 19.7. The first-order chi connectivity index (χ1) is 15.2. The summed E-state index contributed by atoms with van der Waals surface area (Å²) in [4.78, 5) is 26.7. The van der Waals surface area contributed by atoms with Gasteiger partial charge in [0.05, 0.1) is 30.0 Å². The number of nitrogen functional groups attached to an aromatic ring is 1. The molecule has 0 saturated heterocycles. The van der Waals surface area contributed by atoms with Gasteiger partial charge in [0.1, 0.15) is 11.6 Å². The van der Waals surface area contributed by atoms with Crippen molar-refractivity contribution in [1.29, 1.82) is 0 Å². The summed E-state index contributed by atoms with van der Waals surface area (Å²) in [7, 11) is 1.55. The van der Waals surface area contributed by atoms with Gasteiger partial charge in [0.15, 0.2) is 0 Å². The Morgan fingerprint density at radius 3 is 2.56 bits per heavy atom. The van der Waals surface area contributed by atoms with Crippen LogP contribution in [0.25, 0.3) is 0 Å². The Morgan fingerprint density at radius 2 is 1.94 bits per heavy atom. The number of hydrogen-bond donors (Lipinski definition) is 2. The van der Waals surface area contributed by atoms with Crippen LogP contribution in [0.4, 0.5) is 10.1 Å². The topological polar surface area (TPSA) is 92.9 Å². The number of methoxy groups -OCH3 is 1. The molecule has 4 rings (SSSR count). The normalized spacial score (nSPS) is 15.1. The highest BCUT2D eigenvalue weighted by atomic mass is 79.9. The van der Waals surface area contributed by atoms with E-state index in [1.807, 2.05) is 0 Å². The van der Waals surface area contributed by atoms with Crippen LogP contribution in [0.2, 0.25) is 5.02 Å². The molecule has 164 valence electrons. The summed E-state index contributed by atoms with van der Waals surface area (Å²) in [5, 5.41) is 9.78. The molecule has 0 bridgehead atoms. The Labute approximate surface area is 196 Å². The number of fused-ring (bicyclic) bond motifs is 1. The Balaban J connectivity index is 1.92. The second-order valence-corrected chi connectivity index (χ2v) is 8.52. The van der Waals surface area contributed by atoms with Crippen LogP contribution in [0.15, 0.2) is 53.0 Å². The number of carbonyl (C=O) groups is 2. The average Bonchev–Trinajstić information content (AvgIpc) is 3.05. The van der Waals surface area contributed by atoms with Crippen molar-refractivity contribution < 1.29 is 23.8 Å². The van der Waals surface area contributed by atoms with Crippen molar-refractivity contribution in [3.63, 3.8) is 0 Å². The highest BCUT2D eigenvalue weighted by Gasteiger charge is 2.43. The lowest BCUT2D eigenvalue weighted by Gasteiger charge is -2.27. The molecule has 1 aliphatic heterocycles. The van der Waals surface area contributed by atoms with Gasteiger partial charge in [-0.05, 0) is 42.0 Å². The predicted octanol–water partition coefficient (Wildman–Crippen LogP) is 5.28. The first-order valence-electron chi connectivity index (χ1n) is 9.47. The summed E-state index contributed by atoms with van der Waals surface area (Å²) >= 11 is 9.80. The molecular formula is C23H17BrClFN2O4. The minimum Gasteiger partial charge on any atom is -0.497 e. The zero-order chi connectivity index (χ0) is 23.2. The van der Waals surface area contributed by atoms with E-state index in [4.69, 9.17) is 22.1 Å². The maximum absolute atomic E-state index is 14.2. The van der Waals surface area contributed by atoms with E-state index < -0.39 is 23.7 Å². The molecule has 0 aliphatic carbocycles. The van der Waals surface area contributed by atoms with Crippen LogP contribution in [-0.2, 0) is 6.54 Å². The predicted molar refractivity (Wildman–Crippen MR) is 122 cm³/mol. The minimum absolute atomic E-state index is 0.0654. The fraction of sp³-hybridized carbons (Fsp3) is 0.130. The fourth-order valence-electron chi connectivity index (χ4n) is 3.91. The molecule has 3 aromatic carbocycles. The van der Waals surface area contributed by atoms with Crippen molar-refractivity contribution in [2.24, 2.45) is 0 Å². The van der Waals surface area contributed by atoms with Gasteiger partial charge >= 0.3 is 5.97 Å². The zero-order valence-electron chi connectivity index (χ0n) is 16.7. The van der Waals surface area contributed by atoms with Crippen LogP contribution in [0.1, 0.15) is 43.4 Å². The van der Waals surface area contributed by atoms with Crippen molar-refractivity contribution in [1.82, 2.24) is 4.90 Å². The van der Waals surface area contributed by atoms with E-state index >= 15 is 0 Å². The summed E-state index contributed by atoms with van der Waals surface area (Å²) in [6.45, 7) is 0.156. The van der Waals surface area contributed by atoms with Gasteiger partial charge in [-0.25, -0.2) is 9.18 Å². The van der Waals surface area contributed by atoms with Gasteiger partial charge in [0.2, 0.25) is 0 Å². The number of anilines is 1. The van der Waals surface area contributed by atoms with Crippen LogP contribution < -0.4 is 10.5 Å². The molecule has 1 amide bonds. The first-order valence-corrected chi connectivity index (χ1v) is 10.6. The lowest BCUT2D eigenvalue weighted by molar-refractivity contribution is 0.0697. The Hall–Kier alpha value is -3.10. The van der Waals surface area contributed by atoms with Crippen molar-refractivity contribution in [2.45, 2.75) is 12.6 Å². The number of carbonyl (C=O) groups excluding carboxylic acids is 1. The quantitative estimate of drug-likeness (QED) is 0.448. The van der Waals surface area contributed by atoms with Crippen LogP contribution in [0.5, 0.6) is 5.75 Å². The van der Waals surface area contributed by atoms with Crippen LogP contribution >= 0.6 is 27.5 Å². The van der Waals surface area contributed by atoms with Gasteiger partial charge in [0.25, 0.3) is 5.91 Å². The Kier molecular flexibility index (Phi) is 5.83. The van der Waals surface area contributed by atoms with Gasteiger partial charge in [-0.15, -0.1) is 0 Å². The Morgan fingerprint density at radius 1 is 1.25 bits per heavy atom. The second kappa shape index (κ2) is 8.44. The van der Waals surface area contributed by atoms with Gasteiger partial charge in [0, 0.05) is 27.2 Å². The third kappa shape index (κ3) is 3.69. The number of carboxylic acids is 1. The molecule has 32 heavy (non-hydrogen) atoms. The second-order valence-electron chi connectivity index (χ2n) is 7.26. The third-order valence-corrected chi connectivity index (χ3v) is 6.41. The molecule has 3 aromatic rings. The van der Waals surface area contributed by atoms with E-state index in [2.05, 4.69) is 15.9 Å². The maximum Gasteiger partial charge on any atom is 0.337 e. The fourth-order valence-corrected chi connectivity index (χ4v) is 4.78. The lowest BCUT2D eigenvalue weighted by Crippen LogP contribution is -2.28. The van der Waals surface area contributed by atoms with Gasteiger partial charge < -0.3 is 20.5 Å². The number of benzene rings is 3. The number of carboxylic acid groups (broad SMARTS) is 1. The van der Waals surface area contributed by atoms with Gasteiger partial charge in [-0.1, -0.05) is 39.7 Å². The van der Waals surface area contributed by atoms with E-state index in [-0.39, 0.29) is 28.4 Å². The van der Waals surface area contributed by atoms with Crippen molar-refractivity contribution >= 4 is 45.1 Å². The zero-order valence-corrected chi connectivity index (χ0v) is 19.1. The lowest BCUT2D eigenvalue weighted by atomic mass is 9.94. The molecule has 0 fully saturated rings. The maximum atomic E-state index is 14.2. The highest BCUT2D eigenvalue weighted by molar-refractivity contribution is 9.10. The third-order valence-electron chi connectivity index (χ3n) is 5.41. The molecule has 1 aliphatic rings. The summed E-state index contributed by atoms with van der Waals surface area (Å²) in [5.74, 6) is -1.58. The summed E-state index contributed by atoms with van der Waals surface area (Å²) in [6.07, 6.45) is 0. The van der Waals surface area contributed by atoms with E-state index in [1.54, 1.807) is 31.4 Å². The van der Waals surface area contributed by atoms with E-state index in [0.29, 0.717) is 21.3 Å². The smallest absolute Gasteiger partial charge is 0.337 e. The van der Waals surface area contributed by atoms with Crippen LogP contribution in [0.3, 0.4) is 0 Å². The van der Waals surface area contributed by atoms with E-state index in [0.717, 1.165) is 5.56 Å². The molecule has 1 unspecified atom stereocenters. The first kappa shape index (κ1) is 22.1. The number of amides is 1. The Bertz CT molecular complexity index is 1250. The minimum atomic E-state index is -1.26. The number of hydrogen-bond acceptors (Lipinski definition) is 4. The van der Waals surface area contributed by atoms with Crippen LogP contribution in [-0.4, -0.2) is 29.0 Å². The number of aromatic carboxylic acids is 1. The van der Waals surface area contributed by atoms with Crippen LogP contribution in [0, 0.1) is 5.82 Å².